The van der Waals surface area contributed by atoms with Crippen molar-refractivity contribution in [2.75, 3.05) is 6.54 Å². The Balaban J connectivity index is 2.22. The Morgan fingerprint density at radius 1 is 1.07 bits per heavy atom. The first-order chi connectivity index (χ1) is 13.3. The maximum absolute atomic E-state index is 12.7. The molecule has 2 rings (SSSR count). The highest BCUT2D eigenvalue weighted by Crippen LogP contribution is 2.27. The minimum atomic E-state index is -0.717. The summed E-state index contributed by atoms with van der Waals surface area (Å²) in [7, 11) is 0. The maximum atomic E-state index is 12.7. The molecule has 2 amide bonds. The Kier molecular flexibility index (Phi) is 7.86. The van der Waals surface area contributed by atoms with Gasteiger partial charge >= 0.3 is 0 Å². The summed E-state index contributed by atoms with van der Waals surface area (Å²) in [5.41, 5.74) is 1.99. The first-order valence-electron chi connectivity index (χ1n) is 8.82. The Bertz CT molecular complexity index is 887. The van der Waals surface area contributed by atoms with Crippen LogP contribution in [0.2, 0.25) is 10.0 Å². The second-order valence-electron chi connectivity index (χ2n) is 6.77. The largest absolute Gasteiger partial charge is 0.341 e. The van der Waals surface area contributed by atoms with E-state index in [2.05, 4.69) is 10.6 Å². The van der Waals surface area contributed by atoms with Gasteiger partial charge in [0.1, 0.15) is 12.6 Å². The summed E-state index contributed by atoms with van der Waals surface area (Å²) in [4.78, 5) is 25.0. The predicted molar refractivity (Wildman–Crippen MR) is 111 cm³/mol. The molecule has 0 radical (unpaired) electrons. The molecule has 146 valence electrons. The van der Waals surface area contributed by atoms with Gasteiger partial charge in [0.05, 0.1) is 6.07 Å². The quantitative estimate of drug-likeness (QED) is 0.652. The van der Waals surface area contributed by atoms with Crippen LogP contribution in [-0.2, 0) is 4.79 Å². The number of nitriles is 1. The number of hydrogen-bond donors (Lipinski definition) is 2. The third-order valence-corrected chi connectivity index (χ3v) is 4.43. The summed E-state index contributed by atoms with van der Waals surface area (Å²) >= 11 is 12.1. The lowest BCUT2D eigenvalue weighted by molar-refractivity contribution is -0.123. The molecule has 2 aromatic rings. The van der Waals surface area contributed by atoms with Crippen LogP contribution in [0.5, 0.6) is 0 Å². The summed E-state index contributed by atoms with van der Waals surface area (Å²) in [6, 6.07) is 13.3. The van der Waals surface area contributed by atoms with E-state index in [0.29, 0.717) is 22.0 Å². The number of amides is 2. The number of hydrogen-bond acceptors (Lipinski definition) is 3. The van der Waals surface area contributed by atoms with Crippen LogP contribution in [0.15, 0.2) is 42.5 Å². The van der Waals surface area contributed by atoms with Crippen molar-refractivity contribution in [1.29, 1.82) is 5.26 Å². The predicted octanol–water partition coefficient (Wildman–Crippen LogP) is 4.44. The van der Waals surface area contributed by atoms with E-state index in [-0.39, 0.29) is 24.3 Å². The SMILES string of the molecule is CC(C)C[C@H](NC(=O)c1cccc(-c2cc(Cl)cc(Cl)c2)c1)C(=O)NCC#N. The molecule has 0 unspecified atom stereocenters. The van der Waals surface area contributed by atoms with E-state index in [1.165, 1.54) is 0 Å². The van der Waals surface area contributed by atoms with E-state index in [4.69, 9.17) is 28.5 Å². The first-order valence-corrected chi connectivity index (χ1v) is 9.57. The molecule has 0 saturated heterocycles. The van der Waals surface area contributed by atoms with Gasteiger partial charge in [0, 0.05) is 15.6 Å². The molecule has 0 aliphatic rings. The van der Waals surface area contributed by atoms with Crippen molar-refractivity contribution in [3.8, 4) is 17.2 Å². The highest BCUT2D eigenvalue weighted by molar-refractivity contribution is 6.35. The van der Waals surface area contributed by atoms with Gasteiger partial charge in [0.15, 0.2) is 0 Å². The van der Waals surface area contributed by atoms with Crippen molar-refractivity contribution in [2.45, 2.75) is 26.3 Å². The maximum Gasteiger partial charge on any atom is 0.251 e. The lowest BCUT2D eigenvalue weighted by Gasteiger charge is -2.19. The van der Waals surface area contributed by atoms with E-state index >= 15 is 0 Å². The van der Waals surface area contributed by atoms with Crippen molar-refractivity contribution in [1.82, 2.24) is 10.6 Å². The van der Waals surface area contributed by atoms with Gasteiger partial charge in [-0.25, -0.2) is 0 Å². The fraction of sp³-hybridized carbons (Fsp3) is 0.286. The summed E-state index contributed by atoms with van der Waals surface area (Å²) in [6.07, 6.45) is 0.465. The smallest absolute Gasteiger partial charge is 0.251 e. The highest BCUT2D eigenvalue weighted by Gasteiger charge is 2.22. The number of nitrogens with zero attached hydrogens (tertiary/aromatic N) is 1. The zero-order valence-electron chi connectivity index (χ0n) is 15.6. The van der Waals surface area contributed by atoms with Crippen LogP contribution < -0.4 is 10.6 Å². The number of halogens is 2. The average molecular weight is 418 g/mol. The molecule has 0 fully saturated rings. The van der Waals surface area contributed by atoms with Crippen LogP contribution in [0, 0.1) is 17.2 Å². The van der Waals surface area contributed by atoms with E-state index in [0.717, 1.165) is 11.1 Å². The van der Waals surface area contributed by atoms with E-state index in [1.54, 1.807) is 36.4 Å². The molecular weight excluding hydrogens is 397 g/mol. The monoisotopic (exact) mass is 417 g/mol. The van der Waals surface area contributed by atoms with Crippen molar-refractivity contribution >= 4 is 35.0 Å². The molecule has 1 atom stereocenters. The summed E-state index contributed by atoms with van der Waals surface area (Å²) in [6.45, 7) is 3.81. The summed E-state index contributed by atoms with van der Waals surface area (Å²) < 4.78 is 0. The minimum Gasteiger partial charge on any atom is -0.341 e. The third-order valence-electron chi connectivity index (χ3n) is 3.99. The van der Waals surface area contributed by atoms with Crippen molar-refractivity contribution in [3.05, 3.63) is 58.1 Å². The first kappa shape index (κ1) is 21.7. The average Bonchev–Trinajstić information content (AvgIpc) is 2.64. The zero-order valence-corrected chi connectivity index (χ0v) is 17.1. The summed E-state index contributed by atoms with van der Waals surface area (Å²) in [5, 5.41) is 14.9. The molecule has 2 aromatic carbocycles. The summed E-state index contributed by atoms with van der Waals surface area (Å²) in [5.74, 6) is -0.549. The molecule has 0 heterocycles. The van der Waals surface area contributed by atoms with Gasteiger partial charge in [-0.1, -0.05) is 49.2 Å². The van der Waals surface area contributed by atoms with Crippen molar-refractivity contribution in [3.63, 3.8) is 0 Å². The molecule has 0 aliphatic heterocycles. The second-order valence-corrected chi connectivity index (χ2v) is 7.64. The van der Waals surface area contributed by atoms with Gasteiger partial charge in [0.25, 0.3) is 5.91 Å². The number of carbonyl (C=O) groups is 2. The fourth-order valence-corrected chi connectivity index (χ4v) is 3.28. The van der Waals surface area contributed by atoms with Crippen LogP contribution in [-0.4, -0.2) is 24.4 Å². The van der Waals surface area contributed by atoms with Gasteiger partial charge < -0.3 is 10.6 Å². The van der Waals surface area contributed by atoms with Gasteiger partial charge in [-0.3, -0.25) is 9.59 Å². The van der Waals surface area contributed by atoms with Crippen LogP contribution in [0.1, 0.15) is 30.6 Å². The molecule has 0 spiro atoms. The number of nitrogens with one attached hydrogen (secondary N) is 2. The van der Waals surface area contributed by atoms with Crippen LogP contribution in [0.4, 0.5) is 0 Å². The Morgan fingerprint density at radius 2 is 1.75 bits per heavy atom. The van der Waals surface area contributed by atoms with E-state index in [1.807, 2.05) is 26.0 Å². The van der Waals surface area contributed by atoms with Gasteiger partial charge in [-0.15, -0.1) is 0 Å². The number of benzene rings is 2. The van der Waals surface area contributed by atoms with Gasteiger partial charge in [-0.05, 0) is 53.8 Å². The Hall–Kier alpha value is -2.55. The Morgan fingerprint density at radius 3 is 2.36 bits per heavy atom. The van der Waals surface area contributed by atoms with Gasteiger partial charge in [0.2, 0.25) is 5.91 Å². The lowest BCUT2D eigenvalue weighted by Crippen LogP contribution is -2.47. The second kappa shape index (κ2) is 10.1. The Labute approximate surface area is 174 Å². The molecule has 7 heteroatoms. The standard InChI is InChI=1S/C21H21Cl2N3O2/c1-13(2)8-19(21(28)25-7-6-24)26-20(27)15-5-3-4-14(9-15)16-10-17(22)12-18(23)11-16/h3-5,9-13,19H,7-8H2,1-2H3,(H,25,28)(H,26,27)/t19-/m0/s1. The molecule has 0 aliphatic carbocycles. The molecule has 5 nitrogen and oxygen atoms in total. The van der Waals surface area contributed by atoms with Crippen LogP contribution in [0.3, 0.4) is 0 Å². The van der Waals surface area contributed by atoms with Crippen molar-refractivity contribution in [2.24, 2.45) is 5.92 Å². The van der Waals surface area contributed by atoms with Crippen molar-refractivity contribution < 1.29 is 9.59 Å². The van der Waals surface area contributed by atoms with Gasteiger partial charge in [-0.2, -0.15) is 5.26 Å². The van der Waals surface area contributed by atoms with Crippen LogP contribution in [0.25, 0.3) is 11.1 Å². The molecular formula is C21H21Cl2N3O2. The fourth-order valence-electron chi connectivity index (χ4n) is 2.75. The molecule has 0 saturated carbocycles. The van der Waals surface area contributed by atoms with E-state index in [9.17, 15) is 9.59 Å². The topological polar surface area (TPSA) is 82.0 Å². The molecule has 0 bridgehead atoms. The lowest BCUT2D eigenvalue weighted by atomic mass is 10.0. The highest BCUT2D eigenvalue weighted by atomic mass is 35.5. The number of rotatable bonds is 7. The van der Waals surface area contributed by atoms with E-state index < -0.39 is 6.04 Å². The number of carbonyl (C=O) groups excluding carboxylic acids is 2. The molecule has 28 heavy (non-hydrogen) atoms. The minimum absolute atomic E-state index is 0.103. The third kappa shape index (κ3) is 6.26. The molecule has 0 aromatic heterocycles. The molecule has 2 N–H and O–H groups in total. The zero-order chi connectivity index (χ0) is 20.7. The van der Waals surface area contributed by atoms with Crippen LogP contribution >= 0.6 is 23.2 Å². The normalized spacial score (nSPS) is 11.6.